The molecule has 1 heterocycles. The number of halogens is 2. The molecule has 0 aliphatic carbocycles. The quantitative estimate of drug-likeness (QED) is 0.217. The number of aryl methyl sites for hydroxylation is 1. The standard InChI is InChI=1S/C26H29Cl2N5O2S/c1-5-12-33-24(22(13-16(2)3)30-25(35)19-8-6-7-9-20(19)28)31-32-26(33)36-15-23(34)29-21-14-18(27)11-10-17(21)4/h5-11,14,16,22H,1,12-13,15H2,2-4H3,(H,29,34)(H,30,35)/t22-/m1/s1. The van der Waals surface area contributed by atoms with Crippen molar-refractivity contribution < 1.29 is 9.59 Å². The van der Waals surface area contributed by atoms with Gasteiger partial charge in [-0.25, -0.2) is 0 Å². The molecule has 0 fully saturated rings. The number of allylic oxidation sites excluding steroid dienone is 1. The van der Waals surface area contributed by atoms with Crippen LogP contribution in [0.3, 0.4) is 0 Å². The Balaban J connectivity index is 1.79. The van der Waals surface area contributed by atoms with Gasteiger partial charge in [0.1, 0.15) is 0 Å². The topological polar surface area (TPSA) is 88.9 Å². The summed E-state index contributed by atoms with van der Waals surface area (Å²) in [6.07, 6.45) is 2.37. The summed E-state index contributed by atoms with van der Waals surface area (Å²) in [5, 5.41) is 16.1. The second kappa shape index (κ2) is 12.9. The minimum Gasteiger partial charge on any atom is -0.342 e. The van der Waals surface area contributed by atoms with Crippen molar-refractivity contribution in [1.82, 2.24) is 20.1 Å². The lowest BCUT2D eigenvalue weighted by Gasteiger charge is -2.21. The molecule has 2 amide bonds. The van der Waals surface area contributed by atoms with Gasteiger partial charge in [-0.1, -0.05) is 73.1 Å². The zero-order valence-corrected chi connectivity index (χ0v) is 22.8. The third kappa shape index (κ3) is 7.35. The Labute approximate surface area is 225 Å². The van der Waals surface area contributed by atoms with E-state index in [0.29, 0.717) is 45.2 Å². The first-order valence-corrected chi connectivity index (χ1v) is 13.2. The summed E-state index contributed by atoms with van der Waals surface area (Å²) in [5.74, 6) is 0.522. The Morgan fingerprint density at radius 2 is 1.92 bits per heavy atom. The number of thioether (sulfide) groups is 1. The number of aromatic nitrogens is 3. The molecule has 1 atom stereocenters. The number of nitrogens with zero attached hydrogens (tertiary/aromatic N) is 3. The molecule has 2 aromatic carbocycles. The van der Waals surface area contributed by atoms with Crippen molar-refractivity contribution >= 4 is 52.5 Å². The zero-order chi connectivity index (χ0) is 26.2. The van der Waals surface area contributed by atoms with Crippen molar-refractivity contribution in [2.75, 3.05) is 11.1 Å². The van der Waals surface area contributed by atoms with E-state index in [1.807, 2.05) is 17.6 Å². The van der Waals surface area contributed by atoms with Gasteiger partial charge in [0, 0.05) is 17.3 Å². The van der Waals surface area contributed by atoms with Gasteiger partial charge in [-0.3, -0.25) is 9.59 Å². The maximum Gasteiger partial charge on any atom is 0.253 e. The third-order valence-corrected chi connectivity index (χ3v) is 6.84. The summed E-state index contributed by atoms with van der Waals surface area (Å²) in [6, 6.07) is 11.8. The van der Waals surface area contributed by atoms with Crippen molar-refractivity contribution in [3.63, 3.8) is 0 Å². The van der Waals surface area contributed by atoms with Gasteiger partial charge in [0.15, 0.2) is 11.0 Å². The second-order valence-corrected chi connectivity index (χ2v) is 10.5. The lowest BCUT2D eigenvalue weighted by atomic mass is 10.0. The van der Waals surface area contributed by atoms with Crippen LogP contribution in [0.15, 0.2) is 60.3 Å². The minimum atomic E-state index is -0.404. The molecule has 0 aliphatic heterocycles. The molecule has 0 saturated heterocycles. The van der Waals surface area contributed by atoms with Crippen LogP contribution in [-0.2, 0) is 11.3 Å². The van der Waals surface area contributed by atoms with E-state index < -0.39 is 6.04 Å². The number of carbonyl (C=O) groups is 2. The van der Waals surface area contributed by atoms with Crippen LogP contribution in [0.2, 0.25) is 10.0 Å². The fraction of sp³-hybridized carbons (Fsp3) is 0.308. The SMILES string of the molecule is C=CCn1c(SCC(=O)Nc2cc(Cl)ccc2C)nnc1[C@@H](CC(C)C)NC(=O)c1ccccc1Cl. The average molecular weight is 547 g/mol. The molecule has 10 heteroatoms. The molecule has 2 N–H and O–H groups in total. The second-order valence-electron chi connectivity index (χ2n) is 8.67. The highest BCUT2D eigenvalue weighted by Gasteiger charge is 2.25. The highest BCUT2D eigenvalue weighted by Crippen LogP contribution is 2.27. The van der Waals surface area contributed by atoms with Crippen molar-refractivity contribution in [3.05, 3.63) is 82.1 Å². The van der Waals surface area contributed by atoms with E-state index in [1.54, 1.807) is 42.5 Å². The fourth-order valence-corrected chi connectivity index (χ4v) is 4.74. The van der Waals surface area contributed by atoms with E-state index >= 15 is 0 Å². The average Bonchev–Trinajstić information content (AvgIpc) is 3.22. The Hall–Kier alpha value is -2.81. The van der Waals surface area contributed by atoms with Crippen LogP contribution >= 0.6 is 35.0 Å². The molecule has 7 nitrogen and oxygen atoms in total. The van der Waals surface area contributed by atoms with Crippen molar-refractivity contribution in [3.8, 4) is 0 Å². The molecule has 0 radical (unpaired) electrons. The molecular weight excluding hydrogens is 517 g/mol. The van der Waals surface area contributed by atoms with Crippen molar-refractivity contribution in [2.24, 2.45) is 5.92 Å². The monoisotopic (exact) mass is 545 g/mol. The summed E-state index contributed by atoms with van der Waals surface area (Å²) in [4.78, 5) is 25.6. The first-order chi connectivity index (χ1) is 17.2. The Morgan fingerprint density at radius 1 is 1.17 bits per heavy atom. The number of nitrogens with one attached hydrogen (secondary N) is 2. The van der Waals surface area contributed by atoms with Crippen LogP contribution in [0.5, 0.6) is 0 Å². The van der Waals surface area contributed by atoms with E-state index in [1.165, 1.54) is 11.8 Å². The van der Waals surface area contributed by atoms with E-state index in [-0.39, 0.29) is 23.5 Å². The van der Waals surface area contributed by atoms with E-state index in [4.69, 9.17) is 23.2 Å². The van der Waals surface area contributed by atoms with Crippen LogP contribution in [0.25, 0.3) is 0 Å². The molecule has 3 aromatic rings. The molecule has 0 unspecified atom stereocenters. The first kappa shape index (κ1) is 27.8. The summed E-state index contributed by atoms with van der Waals surface area (Å²) in [7, 11) is 0. The molecule has 190 valence electrons. The highest BCUT2D eigenvalue weighted by atomic mass is 35.5. The predicted octanol–water partition coefficient (Wildman–Crippen LogP) is 6.33. The number of amides is 2. The molecule has 3 rings (SSSR count). The van der Waals surface area contributed by atoms with Gasteiger partial charge in [-0.05, 0) is 49.1 Å². The molecule has 36 heavy (non-hydrogen) atoms. The predicted molar refractivity (Wildman–Crippen MR) is 147 cm³/mol. The maximum atomic E-state index is 13.0. The summed E-state index contributed by atoms with van der Waals surface area (Å²) < 4.78 is 1.87. The van der Waals surface area contributed by atoms with E-state index in [2.05, 4.69) is 41.3 Å². The van der Waals surface area contributed by atoms with Crippen LogP contribution in [0.1, 0.15) is 48.1 Å². The van der Waals surface area contributed by atoms with Crippen LogP contribution in [-0.4, -0.2) is 32.3 Å². The maximum absolute atomic E-state index is 13.0. The summed E-state index contributed by atoms with van der Waals surface area (Å²) in [6.45, 7) is 10.3. The van der Waals surface area contributed by atoms with Gasteiger partial charge in [0.2, 0.25) is 5.91 Å². The molecule has 0 spiro atoms. The normalized spacial score (nSPS) is 11.8. The molecule has 0 aliphatic rings. The number of anilines is 1. The van der Waals surface area contributed by atoms with Crippen LogP contribution in [0, 0.1) is 12.8 Å². The van der Waals surface area contributed by atoms with Crippen LogP contribution < -0.4 is 10.6 Å². The summed E-state index contributed by atoms with van der Waals surface area (Å²) >= 11 is 13.5. The number of benzene rings is 2. The Kier molecular flexibility index (Phi) is 9.98. The van der Waals surface area contributed by atoms with Crippen molar-refractivity contribution in [1.29, 1.82) is 0 Å². The first-order valence-electron chi connectivity index (χ1n) is 11.5. The van der Waals surface area contributed by atoms with Gasteiger partial charge >= 0.3 is 0 Å². The summed E-state index contributed by atoms with van der Waals surface area (Å²) in [5.41, 5.74) is 1.98. The third-order valence-electron chi connectivity index (χ3n) is 5.31. The number of hydrogen-bond donors (Lipinski definition) is 2. The number of hydrogen-bond acceptors (Lipinski definition) is 5. The van der Waals surface area contributed by atoms with Gasteiger partial charge in [0.25, 0.3) is 5.91 Å². The lowest BCUT2D eigenvalue weighted by molar-refractivity contribution is -0.113. The van der Waals surface area contributed by atoms with E-state index in [9.17, 15) is 9.59 Å². The van der Waals surface area contributed by atoms with Gasteiger partial charge in [-0.2, -0.15) is 0 Å². The highest BCUT2D eigenvalue weighted by molar-refractivity contribution is 7.99. The molecule has 0 saturated carbocycles. The largest absolute Gasteiger partial charge is 0.342 e. The van der Waals surface area contributed by atoms with Gasteiger partial charge in [-0.15, -0.1) is 16.8 Å². The van der Waals surface area contributed by atoms with E-state index in [0.717, 1.165) is 5.56 Å². The smallest absolute Gasteiger partial charge is 0.253 e. The Bertz CT molecular complexity index is 1240. The van der Waals surface area contributed by atoms with Gasteiger partial charge in [0.05, 0.1) is 22.4 Å². The number of rotatable bonds is 11. The molecular formula is C26H29Cl2N5O2S. The lowest BCUT2D eigenvalue weighted by Crippen LogP contribution is -2.32. The zero-order valence-electron chi connectivity index (χ0n) is 20.4. The van der Waals surface area contributed by atoms with Crippen LogP contribution in [0.4, 0.5) is 5.69 Å². The minimum absolute atomic E-state index is 0.127. The van der Waals surface area contributed by atoms with Crippen molar-refractivity contribution in [2.45, 2.75) is 44.9 Å². The number of carbonyl (C=O) groups excluding carboxylic acids is 2. The fourth-order valence-electron chi connectivity index (χ4n) is 3.59. The molecule has 1 aromatic heterocycles. The molecule has 0 bridgehead atoms. The van der Waals surface area contributed by atoms with Gasteiger partial charge < -0.3 is 15.2 Å². The Morgan fingerprint density at radius 3 is 2.61 bits per heavy atom.